The van der Waals surface area contributed by atoms with Crippen LogP contribution in [0, 0.1) is 0 Å². The molecule has 0 unspecified atom stereocenters. The molecule has 0 amide bonds. The summed E-state index contributed by atoms with van der Waals surface area (Å²) >= 11 is 20.6. The van der Waals surface area contributed by atoms with E-state index in [0.717, 1.165) is 0 Å². The zero-order chi connectivity index (χ0) is 11.7. The summed E-state index contributed by atoms with van der Waals surface area (Å²) in [5.74, 6) is 0.356. The second-order valence-corrected chi connectivity index (χ2v) is 4.75. The summed E-state index contributed by atoms with van der Waals surface area (Å²) in [5.41, 5.74) is 0.556. The first-order valence-electron chi connectivity index (χ1n) is 4.08. The molecule has 0 bridgehead atoms. The maximum Gasteiger partial charge on any atom is 0.181 e. The predicted molar refractivity (Wildman–Crippen MR) is 68.0 cm³/mol. The van der Waals surface area contributed by atoms with E-state index in [-0.39, 0.29) is 10.3 Å². The molecule has 0 aliphatic heterocycles. The Balaban J connectivity index is 2.52. The van der Waals surface area contributed by atoms with Crippen LogP contribution in [0.15, 0.2) is 22.8 Å². The topological polar surface area (TPSA) is 38.7 Å². The minimum atomic E-state index is 0.242. The Labute approximate surface area is 115 Å². The fraction of sp³-hybridized carbons (Fsp3) is 0. The average molecular weight is 339 g/mol. The van der Waals surface area contributed by atoms with Crippen LogP contribution >= 0.6 is 50.7 Å². The van der Waals surface area contributed by atoms with E-state index in [2.05, 4.69) is 30.9 Å². The lowest BCUT2D eigenvalue weighted by Gasteiger charge is -2.02. The van der Waals surface area contributed by atoms with Crippen molar-refractivity contribution in [2.75, 3.05) is 0 Å². The van der Waals surface area contributed by atoms with Crippen molar-refractivity contribution < 1.29 is 0 Å². The van der Waals surface area contributed by atoms with Gasteiger partial charge in [-0.15, -0.1) is 0 Å². The lowest BCUT2D eigenvalue weighted by atomic mass is 10.3. The summed E-state index contributed by atoms with van der Waals surface area (Å²) in [6, 6.07) is 3.38. The lowest BCUT2D eigenvalue weighted by Crippen LogP contribution is -1.93. The molecule has 0 fully saturated rings. The van der Waals surface area contributed by atoms with Gasteiger partial charge in [-0.3, -0.25) is 4.98 Å². The molecule has 0 aromatic carbocycles. The van der Waals surface area contributed by atoms with E-state index in [1.54, 1.807) is 12.1 Å². The molecule has 2 aromatic heterocycles. The van der Waals surface area contributed by atoms with Gasteiger partial charge in [0.1, 0.15) is 16.0 Å². The number of pyridine rings is 1. The summed E-state index contributed by atoms with van der Waals surface area (Å²) in [7, 11) is 0. The molecular weight excluding hydrogens is 336 g/mol. The van der Waals surface area contributed by atoms with Gasteiger partial charge in [0.05, 0.1) is 9.50 Å². The van der Waals surface area contributed by atoms with Crippen LogP contribution in [0.4, 0.5) is 0 Å². The highest BCUT2D eigenvalue weighted by atomic mass is 79.9. The molecule has 7 heteroatoms. The van der Waals surface area contributed by atoms with Crippen LogP contribution in [0.25, 0.3) is 11.5 Å². The van der Waals surface area contributed by atoms with Gasteiger partial charge in [0.25, 0.3) is 0 Å². The van der Waals surface area contributed by atoms with Gasteiger partial charge in [-0.1, -0.05) is 34.8 Å². The summed E-state index contributed by atoms with van der Waals surface area (Å²) < 4.78 is 0.466. The van der Waals surface area contributed by atoms with Crippen LogP contribution in [0.2, 0.25) is 15.3 Å². The van der Waals surface area contributed by atoms with Gasteiger partial charge in [0.2, 0.25) is 0 Å². The van der Waals surface area contributed by atoms with Crippen LogP contribution in [0.5, 0.6) is 0 Å². The first-order valence-corrected chi connectivity index (χ1v) is 6.01. The molecule has 2 heterocycles. The monoisotopic (exact) mass is 337 g/mol. The molecule has 82 valence electrons. The molecular formula is C9H3BrCl3N3. The molecule has 2 rings (SSSR count). The van der Waals surface area contributed by atoms with E-state index in [4.69, 9.17) is 34.8 Å². The van der Waals surface area contributed by atoms with Crippen LogP contribution in [-0.4, -0.2) is 15.0 Å². The Morgan fingerprint density at radius 1 is 1.00 bits per heavy atom. The number of hydrogen-bond acceptors (Lipinski definition) is 3. The molecule has 3 nitrogen and oxygen atoms in total. The molecule has 0 atom stereocenters. The van der Waals surface area contributed by atoms with E-state index in [1.807, 2.05) is 0 Å². The summed E-state index contributed by atoms with van der Waals surface area (Å²) in [6.07, 6.45) is 1.50. The Morgan fingerprint density at radius 2 is 1.62 bits per heavy atom. The normalized spacial score (nSPS) is 10.5. The van der Waals surface area contributed by atoms with Gasteiger partial charge < -0.3 is 0 Å². The molecule has 0 saturated carbocycles. The van der Waals surface area contributed by atoms with Crippen molar-refractivity contribution in [3.63, 3.8) is 0 Å². The van der Waals surface area contributed by atoms with Crippen LogP contribution < -0.4 is 0 Å². The molecule has 0 spiro atoms. The van der Waals surface area contributed by atoms with Gasteiger partial charge >= 0.3 is 0 Å². The Morgan fingerprint density at radius 3 is 2.12 bits per heavy atom. The number of aromatic nitrogens is 3. The van der Waals surface area contributed by atoms with E-state index in [1.165, 1.54) is 6.20 Å². The third kappa shape index (κ3) is 2.46. The van der Waals surface area contributed by atoms with Crippen molar-refractivity contribution in [2.24, 2.45) is 0 Å². The van der Waals surface area contributed by atoms with Gasteiger partial charge in [0.15, 0.2) is 5.82 Å². The van der Waals surface area contributed by atoms with Crippen molar-refractivity contribution in [3.8, 4) is 11.5 Å². The van der Waals surface area contributed by atoms with Gasteiger partial charge in [-0.25, -0.2) is 9.97 Å². The zero-order valence-corrected chi connectivity index (χ0v) is 11.4. The zero-order valence-electron chi connectivity index (χ0n) is 7.59. The van der Waals surface area contributed by atoms with Crippen molar-refractivity contribution in [3.05, 3.63) is 38.1 Å². The Bertz CT molecular complexity index is 507. The molecule has 2 aromatic rings. The van der Waals surface area contributed by atoms with Gasteiger partial charge in [-0.2, -0.15) is 0 Å². The van der Waals surface area contributed by atoms with Crippen molar-refractivity contribution >= 4 is 50.7 Å². The minimum Gasteiger partial charge on any atom is -0.251 e. The van der Waals surface area contributed by atoms with Crippen LogP contribution in [0.1, 0.15) is 0 Å². The molecule has 0 aliphatic rings. The number of hydrogen-bond donors (Lipinski definition) is 0. The summed E-state index contributed by atoms with van der Waals surface area (Å²) in [5, 5.41) is 1.02. The second-order valence-electron chi connectivity index (χ2n) is 2.80. The number of rotatable bonds is 1. The highest BCUT2D eigenvalue weighted by Gasteiger charge is 2.11. The second kappa shape index (κ2) is 4.84. The highest BCUT2D eigenvalue weighted by Crippen LogP contribution is 2.29. The molecule has 0 saturated heterocycles. The number of halogens is 4. The lowest BCUT2D eigenvalue weighted by molar-refractivity contribution is 1.13. The minimum absolute atomic E-state index is 0.242. The van der Waals surface area contributed by atoms with Crippen molar-refractivity contribution in [1.29, 1.82) is 0 Å². The smallest absolute Gasteiger partial charge is 0.181 e. The Hall–Kier alpha value is -0.420. The number of nitrogens with zero attached hydrogens (tertiary/aromatic N) is 3. The fourth-order valence-corrected chi connectivity index (χ4v) is 1.69. The van der Waals surface area contributed by atoms with Gasteiger partial charge in [-0.05, 0) is 28.1 Å². The predicted octanol–water partition coefficient (Wildman–Crippen LogP) is 4.26. The molecule has 0 aliphatic carbocycles. The average Bonchev–Trinajstić information content (AvgIpc) is 2.26. The van der Waals surface area contributed by atoms with E-state index in [9.17, 15) is 0 Å². The first-order chi connectivity index (χ1) is 7.58. The summed E-state index contributed by atoms with van der Waals surface area (Å²) in [6.45, 7) is 0. The third-order valence-electron chi connectivity index (χ3n) is 1.73. The van der Waals surface area contributed by atoms with Crippen molar-refractivity contribution in [1.82, 2.24) is 15.0 Å². The van der Waals surface area contributed by atoms with Crippen LogP contribution in [-0.2, 0) is 0 Å². The largest absolute Gasteiger partial charge is 0.251 e. The summed E-state index contributed by atoms with van der Waals surface area (Å²) in [4.78, 5) is 12.2. The Kier molecular flexibility index (Phi) is 3.64. The maximum absolute atomic E-state index is 5.86. The SMILES string of the molecule is Clc1ccc(-c2nc(Cl)c(Br)c(Cl)n2)nc1. The van der Waals surface area contributed by atoms with Crippen molar-refractivity contribution in [2.45, 2.75) is 0 Å². The highest BCUT2D eigenvalue weighted by molar-refractivity contribution is 9.10. The third-order valence-corrected chi connectivity index (χ3v) is 3.71. The molecule has 0 radical (unpaired) electrons. The molecule has 16 heavy (non-hydrogen) atoms. The maximum atomic E-state index is 5.86. The standard InChI is InChI=1S/C9H3BrCl3N3/c10-6-7(12)15-9(16-8(6)13)5-2-1-4(11)3-14-5/h1-3H. The fourth-order valence-electron chi connectivity index (χ4n) is 1.02. The van der Waals surface area contributed by atoms with Gasteiger partial charge in [0, 0.05) is 6.20 Å². The molecule has 0 N–H and O–H groups in total. The van der Waals surface area contributed by atoms with E-state index in [0.29, 0.717) is 21.0 Å². The first kappa shape index (κ1) is 12.0. The van der Waals surface area contributed by atoms with E-state index >= 15 is 0 Å². The van der Waals surface area contributed by atoms with Crippen LogP contribution in [0.3, 0.4) is 0 Å². The van der Waals surface area contributed by atoms with E-state index < -0.39 is 0 Å². The quantitative estimate of drug-likeness (QED) is 0.729.